The Morgan fingerprint density at radius 3 is 3.40 bits per heavy atom. The Labute approximate surface area is 65.3 Å². The molecule has 52 valence electrons. The minimum atomic E-state index is -0.123. The number of aliphatic imine (C=N–C) groups is 1. The van der Waals surface area contributed by atoms with Crippen LogP contribution < -0.4 is 0 Å². The first-order chi connectivity index (χ1) is 4.86. The fraction of sp³-hybridized carbons (Fsp3) is 0. The van der Waals surface area contributed by atoms with E-state index in [1.165, 1.54) is 0 Å². The average Bonchev–Trinajstić information content (AvgIpc) is 2.33. The fourth-order valence-corrected chi connectivity index (χ4v) is 1.88. The first kappa shape index (κ1) is 6.18. The molecule has 0 aromatic carbocycles. The van der Waals surface area contributed by atoms with E-state index in [0.717, 1.165) is 11.5 Å². The zero-order valence-corrected chi connectivity index (χ0v) is 6.69. The maximum Gasteiger partial charge on any atom is 0.178 e. The number of nitrogens with one attached hydrogen (secondary N) is 1. The van der Waals surface area contributed by atoms with Crippen LogP contribution >= 0.6 is 21.2 Å². The van der Waals surface area contributed by atoms with Crippen molar-refractivity contribution in [2.75, 3.05) is 0 Å². The molecule has 1 aromatic heterocycles. The van der Waals surface area contributed by atoms with Crippen LogP contribution in [-0.2, 0) is 0 Å². The van der Waals surface area contributed by atoms with Gasteiger partial charge < -0.3 is 4.98 Å². The van der Waals surface area contributed by atoms with Gasteiger partial charge in [0, 0.05) is 5.37 Å². The number of hydrogen-bond donors (Lipinski definition) is 2. The predicted octanol–water partition coefficient (Wildman–Crippen LogP) is 1.35. The lowest BCUT2D eigenvalue weighted by molar-refractivity contribution is 1.30. The number of H-pyrrole nitrogens is 1. The topological polar surface area (TPSA) is 41.0 Å². The van der Waals surface area contributed by atoms with Gasteiger partial charge in [0.25, 0.3) is 0 Å². The molecule has 1 aliphatic heterocycles. The Balaban J connectivity index is 2.62. The standard InChI is InChI=1S/C5H5N3S2/c9-10-1-4-5(8-3-10)7-2-6-4/h1-3,9H,(H,6,7,8). The van der Waals surface area contributed by atoms with Crippen LogP contribution in [0, 0.1) is 0 Å². The number of imidazole rings is 1. The fourth-order valence-electron chi connectivity index (χ4n) is 0.742. The van der Waals surface area contributed by atoms with Gasteiger partial charge in [-0.2, -0.15) is 0 Å². The molecule has 0 aliphatic carbocycles. The molecule has 0 radical (unpaired) electrons. The smallest absolute Gasteiger partial charge is 0.178 e. The second kappa shape index (κ2) is 2.25. The van der Waals surface area contributed by atoms with E-state index in [1.54, 1.807) is 11.9 Å². The molecular formula is C5H5N3S2. The van der Waals surface area contributed by atoms with Gasteiger partial charge in [0.2, 0.25) is 0 Å². The van der Waals surface area contributed by atoms with Gasteiger partial charge in [-0.15, -0.1) is 11.7 Å². The molecule has 0 bridgehead atoms. The lowest BCUT2D eigenvalue weighted by atomic mass is 10.5. The third-order valence-electron chi connectivity index (χ3n) is 1.17. The van der Waals surface area contributed by atoms with E-state index in [9.17, 15) is 0 Å². The number of aromatic nitrogens is 2. The SMILES string of the molecule is SS1=Cc2[nH]cnc2N=C1. The van der Waals surface area contributed by atoms with Crippen LogP contribution in [-0.4, -0.2) is 20.9 Å². The molecular weight excluding hydrogens is 166 g/mol. The Hall–Kier alpha value is -0.550. The van der Waals surface area contributed by atoms with Gasteiger partial charge in [-0.05, 0) is 0 Å². The average molecular weight is 171 g/mol. The van der Waals surface area contributed by atoms with E-state index >= 15 is 0 Å². The van der Waals surface area contributed by atoms with Crippen LogP contribution in [0.4, 0.5) is 5.82 Å². The lowest BCUT2D eigenvalue weighted by Gasteiger charge is -1.98. The normalized spacial score (nSPS) is 21.9. The van der Waals surface area contributed by atoms with Gasteiger partial charge >= 0.3 is 0 Å². The zero-order chi connectivity index (χ0) is 6.97. The molecule has 1 N–H and O–H groups in total. The number of rotatable bonds is 0. The highest BCUT2D eigenvalue weighted by atomic mass is 33.1. The maximum absolute atomic E-state index is 4.24. The molecule has 0 fully saturated rings. The summed E-state index contributed by atoms with van der Waals surface area (Å²) in [6.45, 7) is 0. The highest BCUT2D eigenvalue weighted by Gasteiger charge is 2.03. The Kier molecular flexibility index (Phi) is 1.39. The minimum absolute atomic E-state index is 0.123. The number of thiol groups is 1. The first-order valence-corrected chi connectivity index (χ1v) is 5.10. The van der Waals surface area contributed by atoms with Gasteiger partial charge in [-0.25, -0.2) is 9.98 Å². The van der Waals surface area contributed by atoms with E-state index in [4.69, 9.17) is 0 Å². The molecule has 2 heterocycles. The summed E-state index contributed by atoms with van der Waals surface area (Å²) in [5.74, 6) is 0.762. The number of fused-ring (bicyclic) bond motifs is 1. The van der Waals surface area contributed by atoms with Crippen LogP contribution in [0.5, 0.6) is 0 Å². The van der Waals surface area contributed by atoms with Crippen molar-refractivity contribution in [1.82, 2.24) is 9.97 Å². The van der Waals surface area contributed by atoms with E-state index in [2.05, 4.69) is 26.6 Å². The summed E-state index contributed by atoms with van der Waals surface area (Å²) in [6.07, 6.45) is 1.63. The molecule has 0 saturated heterocycles. The summed E-state index contributed by atoms with van der Waals surface area (Å²) in [7, 11) is -0.123. The minimum Gasteiger partial charge on any atom is -0.343 e. The van der Waals surface area contributed by atoms with Crippen molar-refractivity contribution >= 4 is 37.9 Å². The van der Waals surface area contributed by atoms with Crippen LogP contribution in [0.3, 0.4) is 0 Å². The second-order valence-corrected chi connectivity index (χ2v) is 4.24. The van der Waals surface area contributed by atoms with Gasteiger partial charge in [0.05, 0.1) is 17.6 Å². The highest BCUT2D eigenvalue weighted by molar-refractivity contribution is 8.82. The molecule has 0 saturated carbocycles. The largest absolute Gasteiger partial charge is 0.343 e. The van der Waals surface area contributed by atoms with Crippen molar-refractivity contribution in [3.8, 4) is 0 Å². The van der Waals surface area contributed by atoms with Crippen molar-refractivity contribution in [3.63, 3.8) is 0 Å². The molecule has 1 aromatic rings. The third kappa shape index (κ3) is 0.911. The Morgan fingerprint density at radius 2 is 2.50 bits per heavy atom. The van der Waals surface area contributed by atoms with Crippen LogP contribution in [0.1, 0.15) is 5.69 Å². The predicted molar refractivity (Wildman–Crippen MR) is 48.5 cm³/mol. The van der Waals surface area contributed by atoms with Crippen molar-refractivity contribution in [2.45, 2.75) is 0 Å². The molecule has 3 nitrogen and oxygen atoms in total. The van der Waals surface area contributed by atoms with Crippen molar-refractivity contribution in [3.05, 3.63) is 12.0 Å². The van der Waals surface area contributed by atoms with Gasteiger partial charge in [-0.1, -0.05) is 9.52 Å². The molecule has 2 rings (SSSR count). The van der Waals surface area contributed by atoms with Crippen LogP contribution in [0.15, 0.2) is 11.3 Å². The zero-order valence-electron chi connectivity index (χ0n) is 4.98. The molecule has 1 unspecified atom stereocenters. The van der Waals surface area contributed by atoms with Crippen LogP contribution in [0.2, 0.25) is 0 Å². The Bertz CT molecular complexity index is 312. The summed E-state index contributed by atoms with van der Waals surface area (Å²) < 4.78 is 0. The Morgan fingerprint density at radius 1 is 1.60 bits per heavy atom. The van der Waals surface area contributed by atoms with Crippen molar-refractivity contribution in [2.24, 2.45) is 4.99 Å². The summed E-state index contributed by atoms with van der Waals surface area (Å²) in [4.78, 5) is 11.0. The first-order valence-electron chi connectivity index (χ1n) is 2.69. The molecule has 5 heteroatoms. The molecule has 1 atom stereocenters. The maximum atomic E-state index is 4.24. The number of aromatic amines is 1. The van der Waals surface area contributed by atoms with Crippen molar-refractivity contribution < 1.29 is 0 Å². The molecule has 1 aliphatic rings. The summed E-state index contributed by atoms with van der Waals surface area (Å²) in [5.41, 5.74) is 2.76. The van der Waals surface area contributed by atoms with Gasteiger partial charge in [0.1, 0.15) is 0 Å². The number of nitrogens with zero attached hydrogens (tertiary/aromatic N) is 2. The summed E-state index contributed by atoms with van der Waals surface area (Å²) in [6, 6.07) is 0. The van der Waals surface area contributed by atoms with Crippen molar-refractivity contribution in [1.29, 1.82) is 0 Å². The van der Waals surface area contributed by atoms with Gasteiger partial charge in [-0.3, -0.25) is 0 Å². The van der Waals surface area contributed by atoms with E-state index in [1.807, 2.05) is 5.37 Å². The van der Waals surface area contributed by atoms with E-state index < -0.39 is 0 Å². The van der Waals surface area contributed by atoms with E-state index in [-0.39, 0.29) is 9.52 Å². The highest BCUT2D eigenvalue weighted by Crippen LogP contribution is 2.24. The summed E-state index contributed by atoms with van der Waals surface area (Å²) in [5, 5.41) is 2.00. The lowest BCUT2D eigenvalue weighted by Crippen LogP contribution is -1.85. The van der Waals surface area contributed by atoms with E-state index in [0.29, 0.717) is 0 Å². The molecule has 0 amide bonds. The number of hydrogen-bond acceptors (Lipinski definition) is 3. The monoisotopic (exact) mass is 171 g/mol. The summed E-state index contributed by atoms with van der Waals surface area (Å²) >= 11 is 4.24. The molecule has 10 heavy (non-hydrogen) atoms. The van der Waals surface area contributed by atoms with Gasteiger partial charge in [0.15, 0.2) is 5.82 Å². The van der Waals surface area contributed by atoms with Crippen LogP contribution in [0.25, 0.3) is 0 Å². The molecule has 0 spiro atoms. The third-order valence-corrected chi connectivity index (χ3v) is 2.57. The quantitative estimate of drug-likeness (QED) is 0.345. The second-order valence-electron chi connectivity index (χ2n) is 1.84.